The molecule has 5 rings (SSSR count). The number of aromatic nitrogens is 2. The molecule has 0 unspecified atom stereocenters. The number of anilines is 1. The molecule has 1 spiro atoms. The molecular weight excluding hydrogens is 449 g/mol. The van der Waals surface area contributed by atoms with E-state index in [-0.39, 0.29) is 11.8 Å². The monoisotopic (exact) mass is 467 g/mol. The number of nitrogens with one attached hydrogen (secondary N) is 1. The van der Waals surface area contributed by atoms with Gasteiger partial charge in [-0.15, -0.1) is 0 Å². The van der Waals surface area contributed by atoms with Gasteiger partial charge in [0.05, 0.1) is 5.69 Å². The quantitative estimate of drug-likeness (QED) is 0.589. The topological polar surface area (TPSA) is 78.4 Å². The minimum Gasteiger partial charge on any atom is -0.313 e. The third-order valence-corrected chi connectivity index (χ3v) is 6.72. The van der Waals surface area contributed by atoms with E-state index in [9.17, 15) is 9.59 Å². The number of nitrogens with zero attached hydrogens (tertiary/aromatic N) is 4. The SMILES string of the molecule is CN1C(=O)N(c2cc(Cl)cc(Cl)c2)C(=O)[C@]12CNC[C@H]2c1ccc(-c2cncnc2)cc1. The van der Waals surface area contributed by atoms with Crippen LogP contribution in [0.5, 0.6) is 0 Å². The zero-order chi connectivity index (χ0) is 22.5. The average molecular weight is 468 g/mol. The van der Waals surface area contributed by atoms with Crippen LogP contribution in [0.2, 0.25) is 10.0 Å². The molecule has 0 saturated carbocycles. The summed E-state index contributed by atoms with van der Waals surface area (Å²) in [7, 11) is 1.67. The van der Waals surface area contributed by atoms with Crippen LogP contribution in [0.3, 0.4) is 0 Å². The molecular formula is C23H19Cl2N5O2. The lowest BCUT2D eigenvalue weighted by Crippen LogP contribution is -2.53. The highest BCUT2D eigenvalue weighted by atomic mass is 35.5. The Morgan fingerprint density at radius 2 is 1.66 bits per heavy atom. The number of halogens is 2. The van der Waals surface area contributed by atoms with Crippen LogP contribution >= 0.6 is 23.2 Å². The molecule has 3 amide bonds. The van der Waals surface area contributed by atoms with E-state index in [2.05, 4.69) is 15.3 Å². The van der Waals surface area contributed by atoms with E-state index in [1.807, 2.05) is 24.3 Å². The van der Waals surface area contributed by atoms with Crippen LogP contribution in [0.4, 0.5) is 10.5 Å². The molecule has 2 saturated heterocycles. The number of carbonyl (C=O) groups is 2. The van der Waals surface area contributed by atoms with E-state index in [0.717, 1.165) is 16.7 Å². The van der Waals surface area contributed by atoms with Crippen molar-refractivity contribution in [3.05, 3.63) is 76.8 Å². The normalized spacial score (nSPS) is 22.9. The predicted molar refractivity (Wildman–Crippen MR) is 123 cm³/mol. The molecule has 3 aromatic rings. The Morgan fingerprint density at radius 1 is 1.00 bits per heavy atom. The lowest BCUT2D eigenvalue weighted by molar-refractivity contribution is -0.124. The minimum absolute atomic E-state index is 0.218. The summed E-state index contributed by atoms with van der Waals surface area (Å²) >= 11 is 12.3. The highest BCUT2D eigenvalue weighted by molar-refractivity contribution is 6.35. The van der Waals surface area contributed by atoms with Crippen molar-refractivity contribution in [3.63, 3.8) is 0 Å². The van der Waals surface area contributed by atoms with Crippen LogP contribution < -0.4 is 10.2 Å². The van der Waals surface area contributed by atoms with Gasteiger partial charge >= 0.3 is 6.03 Å². The van der Waals surface area contributed by atoms with Gasteiger partial charge in [0.25, 0.3) is 5.91 Å². The van der Waals surface area contributed by atoms with E-state index >= 15 is 0 Å². The lowest BCUT2D eigenvalue weighted by atomic mass is 9.80. The zero-order valence-corrected chi connectivity index (χ0v) is 18.6. The van der Waals surface area contributed by atoms with Gasteiger partial charge in [0.2, 0.25) is 0 Å². The largest absolute Gasteiger partial charge is 0.332 e. The molecule has 1 aromatic heterocycles. The van der Waals surface area contributed by atoms with Crippen LogP contribution in [0.1, 0.15) is 11.5 Å². The fourth-order valence-electron chi connectivity index (χ4n) is 4.67. The molecule has 32 heavy (non-hydrogen) atoms. The van der Waals surface area contributed by atoms with Gasteiger partial charge in [-0.1, -0.05) is 47.5 Å². The van der Waals surface area contributed by atoms with E-state index in [0.29, 0.717) is 28.8 Å². The highest BCUT2D eigenvalue weighted by Gasteiger charge is 2.62. The standard InChI is InChI=1S/C23H19Cl2N5O2/c1-29-22(32)30(19-7-17(24)6-18(25)8-19)21(31)23(29)12-26-11-20(23)15-4-2-14(3-5-15)16-9-27-13-28-10-16/h2-10,13,20,26H,11-12H2,1H3/t20-,23+/m0/s1. The molecule has 162 valence electrons. The Hall–Kier alpha value is -3.00. The second kappa shape index (κ2) is 7.85. The van der Waals surface area contributed by atoms with E-state index in [4.69, 9.17) is 23.2 Å². The summed E-state index contributed by atoms with van der Waals surface area (Å²) in [6.45, 7) is 0.930. The van der Waals surface area contributed by atoms with Gasteiger partial charge in [0.1, 0.15) is 11.9 Å². The molecule has 0 aliphatic carbocycles. The zero-order valence-electron chi connectivity index (χ0n) is 17.1. The summed E-state index contributed by atoms with van der Waals surface area (Å²) in [5.74, 6) is -0.511. The van der Waals surface area contributed by atoms with Crippen molar-refractivity contribution in [2.24, 2.45) is 0 Å². The smallest absolute Gasteiger partial charge is 0.313 e. The van der Waals surface area contributed by atoms with Crippen molar-refractivity contribution in [2.45, 2.75) is 11.5 Å². The highest BCUT2D eigenvalue weighted by Crippen LogP contribution is 2.44. The van der Waals surface area contributed by atoms with Gasteiger partial charge in [-0.2, -0.15) is 0 Å². The van der Waals surface area contributed by atoms with Crippen molar-refractivity contribution in [1.29, 1.82) is 0 Å². The second-order valence-electron chi connectivity index (χ2n) is 7.97. The summed E-state index contributed by atoms with van der Waals surface area (Å²) < 4.78 is 0. The molecule has 0 bridgehead atoms. The Bertz CT molecular complexity index is 1180. The second-order valence-corrected chi connectivity index (χ2v) is 8.84. The third kappa shape index (κ3) is 3.16. The molecule has 0 radical (unpaired) electrons. The summed E-state index contributed by atoms with van der Waals surface area (Å²) in [5, 5.41) is 4.03. The van der Waals surface area contributed by atoms with Gasteiger partial charge in [0, 0.05) is 54.1 Å². The Balaban J connectivity index is 1.52. The van der Waals surface area contributed by atoms with Crippen LogP contribution in [0, 0.1) is 0 Å². The van der Waals surface area contributed by atoms with Crippen molar-refractivity contribution in [1.82, 2.24) is 20.2 Å². The van der Waals surface area contributed by atoms with Crippen molar-refractivity contribution >= 4 is 40.8 Å². The van der Waals surface area contributed by atoms with Crippen molar-refractivity contribution in [2.75, 3.05) is 25.0 Å². The third-order valence-electron chi connectivity index (χ3n) is 6.28. The number of amides is 3. The Kier molecular flexibility index (Phi) is 5.12. The molecule has 2 aromatic carbocycles. The number of hydrogen-bond donors (Lipinski definition) is 1. The maximum atomic E-state index is 13.8. The minimum atomic E-state index is -1.04. The molecule has 2 aliphatic rings. The number of likely N-dealkylation sites (N-methyl/N-ethyl adjacent to an activating group) is 1. The fourth-order valence-corrected chi connectivity index (χ4v) is 5.18. The van der Waals surface area contributed by atoms with Crippen LogP contribution in [-0.4, -0.2) is 52.5 Å². The molecule has 3 heterocycles. The van der Waals surface area contributed by atoms with Crippen molar-refractivity contribution in [3.8, 4) is 11.1 Å². The summed E-state index contributed by atoms with van der Waals surface area (Å²) in [6, 6.07) is 12.3. The molecule has 2 aliphatic heterocycles. The Morgan fingerprint density at radius 3 is 2.31 bits per heavy atom. The number of imide groups is 1. The number of rotatable bonds is 3. The first-order valence-electron chi connectivity index (χ1n) is 10.1. The molecule has 9 heteroatoms. The van der Waals surface area contributed by atoms with Gasteiger partial charge in [-0.25, -0.2) is 19.7 Å². The van der Waals surface area contributed by atoms with E-state index < -0.39 is 11.6 Å². The van der Waals surface area contributed by atoms with Gasteiger partial charge in [-0.3, -0.25) is 4.79 Å². The summed E-state index contributed by atoms with van der Waals surface area (Å²) in [6.07, 6.45) is 4.99. The van der Waals surface area contributed by atoms with Crippen LogP contribution in [0.15, 0.2) is 61.2 Å². The number of benzene rings is 2. The Labute approximate surface area is 195 Å². The van der Waals surface area contributed by atoms with E-state index in [1.165, 1.54) is 16.1 Å². The fraction of sp³-hybridized carbons (Fsp3) is 0.217. The first-order valence-corrected chi connectivity index (χ1v) is 10.8. The van der Waals surface area contributed by atoms with E-state index in [1.54, 1.807) is 37.6 Å². The first-order chi connectivity index (χ1) is 15.4. The number of urea groups is 1. The molecule has 2 atom stereocenters. The first kappa shape index (κ1) is 20.9. The van der Waals surface area contributed by atoms with Gasteiger partial charge in [0.15, 0.2) is 0 Å². The lowest BCUT2D eigenvalue weighted by Gasteiger charge is -2.33. The number of carbonyl (C=O) groups excluding carboxylic acids is 2. The average Bonchev–Trinajstić information content (AvgIpc) is 3.31. The predicted octanol–water partition coefficient (Wildman–Crippen LogP) is 3.97. The summed E-state index contributed by atoms with van der Waals surface area (Å²) in [4.78, 5) is 37.8. The number of hydrogen-bond acceptors (Lipinski definition) is 5. The van der Waals surface area contributed by atoms with Gasteiger partial charge in [-0.05, 0) is 29.3 Å². The maximum absolute atomic E-state index is 13.8. The van der Waals surface area contributed by atoms with Crippen LogP contribution in [0.25, 0.3) is 11.1 Å². The van der Waals surface area contributed by atoms with Crippen molar-refractivity contribution < 1.29 is 9.59 Å². The molecule has 2 fully saturated rings. The molecule has 7 nitrogen and oxygen atoms in total. The molecule has 1 N–H and O–H groups in total. The maximum Gasteiger partial charge on any atom is 0.332 e. The van der Waals surface area contributed by atoms with Crippen LogP contribution in [-0.2, 0) is 4.79 Å². The van der Waals surface area contributed by atoms with Gasteiger partial charge < -0.3 is 10.2 Å². The summed E-state index contributed by atoms with van der Waals surface area (Å²) in [5.41, 5.74) is 2.18.